The first-order chi connectivity index (χ1) is 11.9. The van der Waals surface area contributed by atoms with E-state index >= 15 is 0 Å². The first kappa shape index (κ1) is 17.2. The Hall–Kier alpha value is -2.58. The van der Waals surface area contributed by atoms with E-state index in [1.807, 2.05) is 0 Å². The molecule has 0 aromatic heterocycles. The molecule has 9 heteroatoms. The maximum atomic E-state index is 13.5. The van der Waals surface area contributed by atoms with Crippen molar-refractivity contribution in [1.82, 2.24) is 0 Å². The molecule has 2 aliphatic rings. The molecule has 0 saturated carbocycles. The molecule has 1 spiro atoms. The number of carbonyl (C=O) groups is 2. The molecule has 0 fully saturated rings. The van der Waals surface area contributed by atoms with E-state index in [9.17, 15) is 18.4 Å². The fraction of sp³-hybridized carbons (Fsp3) is 0.500. The average Bonchev–Trinajstić information content (AvgIpc) is 3.09. The number of methoxy groups -OCH3 is 1. The number of para-hydroxylation sites is 1. The van der Waals surface area contributed by atoms with Crippen LogP contribution in [-0.2, 0) is 19.9 Å². The fourth-order valence-corrected chi connectivity index (χ4v) is 3.48. The molecule has 3 rings (SSSR count). The minimum atomic E-state index is -2.95. The molecule has 2 aliphatic heterocycles. The summed E-state index contributed by atoms with van der Waals surface area (Å²) in [7, 11) is 2.91. The first-order valence-corrected chi connectivity index (χ1v) is 7.72. The predicted octanol–water partition coefficient (Wildman–Crippen LogP) is 2.15. The van der Waals surface area contributed by atoms with Crippen LogP contribution in [-0.4, -0.2) is 45.1 Å². The minimum Gasteiger partial charge on any atom is -0.495 e. The lowest BCUT2D eigenvalue weighted by Gasteiger charge is -2.27. The standard InChI is InChI=1S/C16H17F2N3O4/c1-4-25-14(22)10-11(13(17)18)19-20-16(10)8-6-5-7-9(24-3)12(8)21(2)15(16)23/h5-7,10-11,13H,4H2,1-3H3/t10-,11-,16+/m1/s1. The molecular formula is C16H17F2N3O4. The van der Waals surface area contributed by atoms with Crippen molar-refractivity contribution >= 4 is 17.6 Å². The second kappa shape index (κ2) is 6.05. The van der Waals surface area contributed by atoms with E-state index in [4.69, 9.17) is 9.47 Å². The number of carbonyl (C=O) groups excluding carboxylic acids is 2. The van der Waals surface area contributed by atoms with E-state index in [-0.39, 0.29) is 6.61 Å². The zero-order valence-corrected chi connectivity index (χ0v) is 13.9. The molecule has 0 bridgehead atoms. The van der Waals surface area contributed by atoms with Crippen molar-refractivity contribution in [3.8, 4) is 5.75 Å². The molecule has 25 heavy (non-hydrogen) atoms. The molecule has 0 radical (unpaired) electrons. The minimum absolute atomic E-state index is 0.00360. The molecule has 1 amide bonds. The summed E-state index contributed by atoms with van der Waals surface area (Å²) in [6.45, 7) is 1.56. The van der Waals surface area contributed by atoms with Gasteiger partial charge in [-0.25, -0.2) is 8.78 Å². The number of azo groups is 1. The smallest absolute Gasteiger partial charge is 0.314 e. The van der Waals surface area contributed by atoms with Crippen LogP contribution in [0.5, 0.6) is 5.75 Å². The Kier molecular flexibility index (Phi) is 4.18. The quantitative estimate of drug-likeness (QED) is 0.777. The van der Waals surface area contributed by atoms with Crippen LogP contribution in [0.15, 0.2) is 28.4 Å². The van der Waals surface area contributed by atoms with E-state index < -0.39 is 35.8 Å². The Morgan fingerprint density at radius 2 is 2.16 bits per heavy atom. The second-order valence-corrected chi connectivity index (χ2v) is 5.76. The highest BCUT2D eigenvalue weighted by atomic mass is 19.3. The maximum Gasteiger partial charge on any atom is 0.314 e. The zero-order chi connectivity index (χ0) is 18.4. The number of halogens is 2. The summed E-state index contributed by atoms with van der Waals surface area (Å²) in [4.78, 5) is 26.7. The van der Waals surface area contributed by atoms with Gasteiger partial charge < -0.3 is 14.4 Å². The summed E-state index contributed by atoms with van der Waals surface area (Å²) >= 11 is 0. The average molecular weight is 353 g/mol. The normalized spacial score (nSPS) is 27.3. The number of nitrogens with zero attached hydrogens (tertiary/aromatic N) is 3. The topological polar surface area (TPSA) is 80.6 Å². The van der Waals surface area contributed by atoms with Gasteiger partial charge in [0, 0.05) is 12.6 Å². The molecular weight excluding hydrogens is 336 g/mol. The van der Waals surface area contributed by atoms with Gasteiger partial charge in [0.05, 0.1) is 19.4 Å². The highest BCUT2D eigenvalue weighted by molar-refractivity contribution is 6.11. The van der Waals surface area contributed by atoms with E-state index in [0.29, 0.717) is 17.0 Å². The van der Waals surface area contributed by atoms with Gasteiger partial charge in [-0.2, -0.15) is 10.2 Å². The molecule has 1 aromatic rings. The van der Waals surface area contributed by atoms with Crippen LogP contribution >= 0.6 is 0 Å². The van der Waals surface area contributed by atoms with Crippen LogP contribution < -0.4 is 9.64 Å². The van der Waals surface area contributed by atoms with Gasteiger partial charge in [-0.15, -0.1) is 0 Å². The van der Waals surface area contributed by atoms with Gasteiger partial charge in [-0.05, 0) is 13.0 Å². The van der Waals surface area contributed by atoms with E-state index in [1.54, 1.807) is 25.1 Å². The number of fused-ring (bicyclic) bond motifs is 2. The number of ether oxygens (including phenoxy) is 2. The van der Waals surface area contributed by atoms with Crippen molar-refractivity contribution in [2.75, 3.05) is 25.7 Å². The van der Waals surface area contributed by atoms with E-state index in [1.165, 1.54) is 19.1 Å². The Bertz CT molecular complexity index is 755. The van der Waals surface area contributed by atoms with Crippen molar-refractivity contribution < 1.29 is 27.8 Å². The molecule has 2 heterocycles. The maximum absolute atomic E-state index is 13.5. The molecule has 0 saturated heterocycles. The molecule has 3 atom stereocenters. The van der Waals surface area contributed by atoms with Crippen LogP contribution in [0.25, 0.3) is 0 Å². The van der Waals surface area contributed by atoms with Gasteiger partial charge >= 0.3 is 5.97 Å². The summed E-state index contributed by atoms with van der Waals surface area (Å²) in [6.07, 6.45) is -2.95. The number of amides is 1. The van der Waals surface area contributed by atoms with Gasteiger partial charge in [-0.1, -0.05) is 12.1 Å². The molecule has 0 aliphatic carbocycles. The molecule has 7 nitrogen and oxygen atoms in total. The van der Waals surface area contributed by atoms with Gasteiger partial charge in [0.1, 0.15) is 17.7 Å². The summed E-state index contributed by atoms with van der Waals surface area (Å²) in [5.41, 5.74) is -1.16. The third-order valence-corrected chi connectivity index (χ3v) is 4.53. The van der Waals surface area contributed by atoms with Crippen LogP contribution in [0.3, 0.4) is 0 Å². The van der Waals surface area contributed by atoms with Gasteiger partial charge in [0.15, 0.2) is 0 Å². The molecule has 0 N–H and O–H groups in total. The Morgan fingerprint density at radius 1 is 1.44 bits per heavy atom. The largest absolute Gasteiger partial charge is 0.495 e. The zero-order valence-electron chi connectivity index (χ0n) is 13.9. The molecule has 134 valence electrons. The first-order valence-electron chi connectivity index (χ1n) is 7.72. The highest BCUT2D eigenvalue weighted by Gasteiger charge is 2.66. The van der Waals surface area contributed by atoms with Crippen LogP contribution in [0.4, 0.5) is 14.5 Å². The van der Waals surface area contributed by atoms with Crippen LogP contribution in [0, 0.1) is 5.92 Å². The number of benzene rings is 1. The van der Waals surface area contributed by atoms with E-state index in [0.717, 1.165) is 0 Å². The van der Waals surface area contributed by atoms with Crippen molar-refractivity contribution in [3.05, 3.63) is 23.8 Å². The lowest BCUT2D eigenvalue weighted by molar-refractivity contribution is -0.154. The number of rotatable bonds is 4. The number of likely N-dealkylation sites (N-methyl/N-ethyl adjacent to an activating group) is 1. The third-order valence-electron chi connectivity index (χ3n) is 4.53. The van der Waals surface area contributed by atoms with Gasteiger partial charge in [-0.3, -0.25) is 9.59 Å². The summed E-state index contributed by atoms with van der Waals surface area (Å²) in [5, 5.41) is 7.48. The monoisotopic (exact) mass is 353 g/mol. The van der Waals surface area contributed by atoms with Crippen molar-refractivity contribution in [1.29, 1.82) is 0 Å². The SMILES string of the molecule is CCOC(=O)[C@H]1[C@H](C(F)F)N=N[C@]12C(=O)N(C)c1c(OC)cccc12. The van der Waals surface area contributed by atoms with E-state index in [2.05, 4.69) is 10.2 Å². The number of alkyl halides is 2. The summed E-state index contributed by atoms with van der Waals surface area (Å²) in [5.74, 6) is -2.69. The van der Waals surface area contributed by atoms with Crippen molar-refractivity contribution in [3.63, 3.8) is 0 Å². The fourth-order valence-electron chi connectivity index (χ4n) is 3.48. The second-order valence-electron chi connectivity index (χ2n) is 5.76. The molecule has 1 aromatic carbocycles. The molecule has 0 unspecified atom stereocenters. The Labute approximate surface area is 142 Å². The highest BCUT2D eigenvalue weighted by Crippen LogP contribution is 2.55. The van der Waals surface area contributed by atoms with Crippen molar-refractivity contribution in [2.24, 2.45) is 16.1 Å². The number of esters is 1. The number of hydrogen-bond acceptors (Lipinski definition) is 6. The summed E-state index contributed by atoms with van der Waals surface area (Å²) < 4.78 is 37.1. The third kappa shape index (κ3) is 2.21. The number of anilines is 1. The van der Waals surface area contributed by atoms with Crippen molar-refractivity contribution in [2.45, 2.75) is 24.9 Å². The lowest BCUT2D eigenvalue weighted by atomic mass is 9.76. The van der Waals surface area contributed by atoms with Crippen LogP contribution in [0.1, 0.15) is 12.5 Å². The van der Waals surface area contributed by atoms with Crippen LogP contribution in [0.2, 0.25) is 0 Å². The number of hydrogen-bond donors (Lipinski definition) is 0. The Morgan fingerprint density at radius 3 is 2.76 bits per heavy atom. The van der Waals surface area contributed by atoms with Gasteiger partial charge in [0.25, 0.3) is 12.3 Å². The van der Waals surface area contributed by atoms with Gasteiger partial charge in [0.2, 0.25) is 5.54 Å². The lowest BCUT2D eigenvalue weighted by Crippen LogP contribution is -2.49. The summed E-state index contributed by atoms with van der Waals surface area (Å²) in [6, 6.07) is 3.07. The predicted molar refractivity (Wildman–Crippen MR) is 82.9 cm³/mol. The Balaban J connectivity index is 2.22.